The van der Waals surface area contributed by atoms with Crippen molar-refractivity contribution in [1.29, 1.82) is 0 Å². The van der Waals surface area contributed by atoms with Crippen LogP contribution in [0.5, 0.6) is 0 Å². The van der Waals surface area contributed by atoms with Crippen LogP contribution in [0.3, 0.4) is 0 Å². The Hall–Kier alpha value is 0.0284. The predicted molar refractivity (Wildman–Crippen MR) is 51.6 cm³/mol. The zero-order valence-corrected chi connectivity index (χ0v) is 9.29. The number of benzene rings is 1. The third kappa shape index (κ3) is 2.52. The summed E-state index contributed by atoms with van der Waals surface area (Å²) < 4.78 is 10.8. The molecule has 0 bridgehead atoms. The van der Waals surface area contributed by atoms with Gasteiger partial charge in [-0.1, -0.05) is 0 Å². The molecule has 0 aliphatic heterocycles. The van der Waals surface area contributed by atoms with Gasteiger partial charge < -0.3 is 0 Å². The Morgan fingerprint density at radius 1 is 1.18 bits per heavy atom. The van der Waals surface area contributed by atoms with Crippen molar-refractivity contribution >= 4 is 26.2 Å². The molecular formula is C8H12AsClO. The molecule has 3 heteroatoms. The summed E-state index contributed by atoms with van der Waals surface area (Å²) in [5, 5.41) is 0. The van der Waals surface area contributed by atoms with E-state index < -0.39 is 11.9 Å². The van der Waals surface area contributed by atoms with Crippen molar-refractivity contribution in [1.82, 2.24) is 0 Å². The first-order chi connectivity index (χ1) is 4.86. The zero-order valence-electron chi connectivity index (χ0n) is 6.66. The summed E-state index contributed by atoms with van der Waals surface area (Å²) in [5.41, 5.74) is 3.49. The van der Waals surface area contributed by atoms with Gasteiger partial charge in [-0.15, -0.1) is 0 Å². The number of rotatable bonds is 1. The summed E-state index contributed by atoms with van der Waals surface area (Å²) in [7, 11) is 6.05. The second-order valence-electron chi connectivity index (χ2n) is 3.23. The molecule has 1 aromatic rings. The maximum atomic E-state index is 9.90. The molecule has 0 amide bonds. The average molecular weight is 235 g/mol. The second kappa shape index (κ2) is 2.52. The molecular weight excluding hydrogens is 222 g/mol. The molecule has 0 aliphatic carbocycles. The van der Waals surface area contributed by atoms with Gasteiger partial charge in [-0.2, -0.15) is 0 Å². The topological polar surface area (TPSA) is 20.2 Å². The standard InChI is InChI=1S/C8H12AsClO/c1-9(2,10,11)8-6-4-3-5-7-8/h3-7,11H,1-2H3. The van der Waals surface area contributed by atoms with Crippen LogP contribution in [0.4, 0.5) is 0 Å². The molecule has 11 heavy (non-hydrogen) atoms. The third-order valence-electron chi connectivity index (χ3n) is 1.49. The summed E-state index contributed by atoms with van der Waals surface area (Å²) in [6.07, 6.45) is 0. The minimum atomic E-state index is -3.53. The third-order valence-corrected chi connectivity index (χ3v) is 6.19. The van der Waals surface area contributed by atoms with Crippen LogP contribution in [0.2, 0.25) is 11.4 Å². The van der Waals surface area contributed by atoms with Crippen molar-refractivity contribution in [3.05, 3.63) is 30.3 Å². The van der Waals surface area contributed by atoms with Gasteiger partial charge in [0.25, 0.3) is 0 Å². The molecule has 0 spiro atoms. The second-order valence-corrected chi connectivity index (χ2v) is 17.4. The van der Waals surface area contributed by atoms with Crippen LogP contribution in [0, 0.1) is 0 Å². The number of hydrogen-bond donors (Lipinski definition) is 1. The van der Waals surface area contributed by atoms with Gasteiger partial charge in [0, 0.05) is 0 Å². The minimum absolute atomic E-state index is 0.882. The molecule has 0 aromatic heterocycles. The molecule has 1 rings (SSSR count). The van der Waals surface area contributed by atoms with Gasteiger partial charge in [0.05, 0.1) is 0 Å². The molecule has 0 fully saturated rings. The quantitative estimate of drug-likeness (QED) is 0.735. The first-order valence-electron chi connectivity index (χ1n) is 3.40. The van der Waals surface area contributed by atoms with Crippen molar-refractivity contribution in [2.24, 2.45) is 0 Å². The molecule has 0 aliphatic rings. The van der Waals surface area contributed by atoms with E-state index in [4.69, 9.17) is 9.95 Å². The van der Waals surface area contributed by atoms with E-state index in [0.29, 0.717) is 0 Å². The van der Waals surface area contributed by atoms with Crippen LogP contribution in [0.1, 0.15) is 0 Å². The molecule has 62 valence electrons. The van der Waals surface area contributed by atoms with Gasteiger partial charge in [-0.3, -0.25) is 0 Å². The van der Waals surface area contributed by atoms with E-state index in [9.17, 15) is 4.10 Å². The fourth-order valence-corrected chi connectivity index (χ4v) is 3.56. The first-order valence-corrected chi connectivity index (χ1v) is 11.4. The van der Waals surface area contributed by atoms with Gasteiger partial charge >= 0.3 is 72.0 Å². The van der Waals surface area contributed by atoms with Crippen molar-refractivity contribution in [3.8, 4) is 0 Å². The van der Waals surface area contributed by atoms with Crippen LogP contribution in [-0.2, 0) is 0 Å². The summed E-state index contributed by atoms with van der Waals surface area (Å²) in [6.45, 7) is 0. The molecule has 0 heterocycles. The predicted octanol–water partition coefficient (Wildman–Crippen LogP) is 1.78. The van der Waals surface area contributed by atoms with Crippen LogP contribution in [0.25, 0.3) is 0 Å². The molecule has 1 aromatic carbocycles. The summed E-state index contributed by atoms with van der Waals surface area (Å²) in [4.78, 5) is 0. The molecule has 0 atom stereocenters. The average Bonchev–Trinajstić information content (AvgIpc) is 1.86. The Kier molecular flexibility index (Phi) is 2.08. The Morgan fingerprint density at radius 3 is 1.91 bits per heavy atom. The Morgan fingerprint density at radius 2 is 1.64 bits per heavy atom. The van der Waals surface area contributed by atoms with E-state index in [-0.39, 0.29) is 0 Å². The van der Waals surface area contributed by atoms with Crippen molar-refractivity contribution in [2.45, 2.75) is 11.4 Å². The summed E-state index contributed by atoms with van der Waals surface area (Å²) in [6, 6.07) is 9.44. The molecule has 0 saturated carbocycles. The Labute approximate surface area is 72.2 Å². The van der Waals surface area contributed by atoms with Crippen LogP contribution >= 0.6 is 9.95 Å². The van der Waals surface area contributed by atoms with Crippen LogP contribution < -0.4 is 4.35 Å². The van der Waals surface area contributed by atoms with Gasteiger partial charge in [-0.25, -0.2) is 0 Å². The summed E-state index contributed by atoms with van der Waals surface area (Å²) in [5.74, 6) is 0. The fraction of sp³-hybridized carbons (Fsp3) is 0.250. The van der Waals surface area contributed by atoms with E-state index in [0.717, 1.165) is 4.35 Å². The van der Waals surface area contributed by atoms with Gasteiger partial charge in [-0.05, 0) is 0 Å². The molecule has 0 saturated heterocycles. The normalized spacial score (nSPS) is 15.5. The van der Waals surface area contributed by atoms with E-state index >= 15 is 0 Å². The zero-order chi connectivity index (χ0) is 8.56. The molecule has 0 unspecified atom stereocenters. The number of halogens is 1. The monoisotopic (exact) mass is 234 g/mol. The molecule has 1 N–H and O–H groups in total. The van der Waals surface area contributed by atoms with Gasteiger partial charge in [0.2, 0.25) is 0 Å². The van der Waals surface area contributed by atoms with Gasteiger partial charge in [0.15, 0.2) is 0 Å². The summed E-state index contributed by atoms with van der Waals surface area (Å²) >= 11 is -3.53. The van der Waals surface area contributed by atoms with Crippen molar-refractivity contribution in [3.63, 3.8) is 0 Å². The van der Waals surface area contributed by atoms with E-state index in [2.05, 4.69) is 0 Å². The van der Waals surface area contributed by atoms with Crippen LogP contribution in [0.15, 0.2) is 30.3 Å². The maximum absolute atomic E-state index is 9.90. The van der Waals surface area contributed by atoms with E-state index in [1.807, 2.05) is 30.3 Å². The van der Waals surface area contributed by atoms with E-state index in [1.165, 1.54) is 0 Å². The fourth-order valence-electron chi connectivity index (χ4n) is 0.849. The van der Waals surface area contributed by atoms with E-state index in [1.54, 1.807) is 11.4 Å². The van der Waals surface area contributed by atoms with Gasteiger partial charge in [0.1, 0.15) is 0 Å². The Bertz CT molecular complexity index is 241. The Balaban J connectivity index is 3.14. The molecule has 1 nitrogen and oxygen atoms in total. The van der Waals surface area contributed by atoms with Crippen molar-refractivity contribution in [2.75, 3.05) is 0 Å². The van der Waals surface area contributed by atoms with Crippen molar-refractivity contribution < 1.29 is 4.10 Å². The van der Waals surface area contributed by atoms with Crippen LogP contribution in [-0.4, -0.2) is 15.9 Å². The first kappa shape index (κ1) is 9.12. The molecule has 0 radical (unpaired) electrons. The SMILES string of the molecule is C[As](C)(O)(Cl)c1ccccc1. The number of hydrogen-bond acceptors (Lipinski definition) is 1.